The maximum atomic E-state index is 2.21. The molecule has 0 fully saturated rings. The largest absolute Gasteiger partial charge is 0.0814 e. The highest BCUT2D eigenvalue weighted by atomic mass is 31.1. The molecule has 0 nitrogen and oxygen atoms in total. The molecular weight excluding hydrogens is 198 g/mol. The normalized spacial score (nSPS) is 10.2. The Hall–Kier alpha value is -1.07. The van der Waals surface area contributed by atoms with E-state index in [9.17, 15) is 0 Å². The third kappa shape index (κ3) is 3.21. The van der Waals surface area contributed by atoms with Gasteiger partial charge in [0.25, 0.3) is 0 Å². The molecule has 0 aromatic heterocycles. The zero-order valence-corrected chi connectivity index (χ0v) is 9.20. The Kier molecular flexibility index (Phi) is 4.58. The molecule has 1 unspecified atom stereocenters. The summed E-state index contributed by atoms with van der Waals surface area (Å²) in [4.78, 5) is 0. The highest BCUT2D eigenvalue weighted by molar-refractivity contribution is 7.55. The van der Waals surface area contributed by atoms with Crippen LogP contribution < -0.4 is 10.6 Å². The summed E-state index contributed by atoms with van der Waals surface area (Å²) in [5, 5.41) is 2.85. The van der Waals surface area contributed by atoms with Gasteiger partial charge < -0.3 is 0 Å². The minimum atomic E-state index is 0. The molecule has 0 bridgehead atoms. The van der Waals surface area contributed by atoms with Gasteiger partial charge in [0.2, 0.25) is 0 Å². The van der Waals surface area contributed by atoms with Crippen molar-refractivity contribution in [1.29, 1.82) is 0 Å². The molecule has 0 radical (unpaired) electrons. The maximum absolute atomic E-state index is 2.21. The summed E-state index contributed by atoms with van der Waals surface area (Å²) in [6, 6.07) is 19.2. The standard InChI is InChI=1S/C13H13P.BH3/c1-11-7-5-6-10-13(11)14-12-8-3-2-4-9-12;/h2-10,14H,1H3;1H3. The van der Waals surface area contributed by atoms with Crippen molar-refractivity contribution in [2.75, 3.05) is 0 Å². The molecule has 2 rings (SSSR count). The van der Waals surface area contributed by atoms with Gasteiger partial charge in [-0.1, -0.05) is 63.2 Å². The zero-order chi connectivity index (χ0) is 9.80. The van der Waals surface area contributed by atoms with Gasteiger partial charge in [0, 0.05) is 0 Å². The average Bonchev–Trinajstić information content (AvgIpc) is 2.23. The molecule has 15 heavy (non-hydrogen) atoms. The van der Waals surface area contributed by atoms with Crippen molar-refractivity contribution in [3.05, 3.63) is 60.2 Å². The number of rotatable bonds is 2. The third-order valence-electron chi connectivity index (χ3n) is 2.20. The lowest BCUT2D eigenvalue weighted by Crippen LogP contribution is -2.05. The fourth-order valence-corrected chi connectivity index (χ4v) is 2.52. The minimum absolute atomic E-state index is 0. The molecule has 1 atom stereocenters. The summed E-state index contributed by atoms with van der Waals surface area (Å²) in [6.45, 7) is 2.17. The Morgan fingerprint density at radius 3 is 2.07 bits per heavy atom. The predicted octanol–water partition coefficient (Wildman–Crippen LogP) is 1.44. The summed E-state index contributed by atoms with van der Waals surface area (Å²) in [5.41, 5.74) is 1.38. The second-order valence-corrected chi connectivity index (χ2v) is 4.67. The van der Waals surface area contributed by atoms with Crippen molar-refractivity contribution >= 4 is 27.6 Å². The number of hydrogen-bond acceptors (Lipinski definition) is 0. The average molecular weight is 214 g/mol. The summed E-state index contributed by atoms with van der Waals surface area (Å²) < 4.78 is 0. The van der Waals surface area contributed by atoms with E-state index in [0.717, 1.165) is 8.58 Å². The molecule has 76 valence electrons. The van der Waals surface area contributed by atoms with Gasteiger partial charge in [0.1, 0.15) is 0 Å². The van der Waals surface area contributed by atoms with Crippen molar-refractivity contribution in [3.8, 4) is 0 Å². The van der Waals surface area contributed by atoms with Gasteiger partial charge in [-0.25, -0.2) is 0 Å². The van der Waals surface area contributed by atoms with E-state index >= 15 is 0 Å². The molecule has 0 aliphatic rings. The van der Waals surface area contributed by atoms with Crippen LogP contribution in [0.5, 0.6) is 0 Å². The van der Waals surface area contributed by atoms with Gasteiger partial charge in [-0.3, -0.25) is 0 Å². The van der Waals surface area contributed by atoms with Crippen LogP contribution >= 0.6 is 8.58 Å². The SMILES string of the molecule is B.Cc1ccccc1Pc1ccccc1. The van der Waals surface area contributed by atoms with Gasteiger partial charge >= 0.3 is 0 Å². The van der Waals surface area contributed by atoms with E-state index in [1.165, 1.54) is 16.2 Å². The summed E-state index contributed by atoms with van der Waals surface area (Å²) in [5.74, 6) is 0. The van der Waals surface area contributed by atoms with E-state index in [1.807, 2.05) is 0 Å². The monoisotopic (exact) mass is 214 g/mol. The Bertz CT molecular complexity index is 412. The Morgan fingerprint density at radius 2 is 1.40 bits per heavy atom. The molecule has 0 saturated carbocycles. The topological polar surface area (TPSA) is 0 Å². The van der Waals surface area contributed by atoms with Gasteiger partial charge in [-0.05, 0) is 23.1 Å². The van der Waals surface area contributed by atoms with E-state index < -0.39 is 0 Å². The van der Waals surface area contributed by atoms with E-state index in [-0.39, 0.29) is 8.41 Å². The lowest BCUT2D eigenvalue weighted by atomic mass is 10.2. The fraction of sp³-hybridized carbons (Fsp3) is 0.0769. The van der Waals surface area contributed by atoms with Gasteiger partial charge in [-0.2, -0.15) is 0 Å². The summed E-state index contributed by atoms with van der Waals surface area (Å²) >= 11 is 0. The Labute approximate surface area is 95.1 Å². The molecule has 0 aliphatic heterocycles. The van der Waals surface area contributed by atoms with Crippen LogP contribution in [-0.2, 0) is 0 Å². The second-order valence-electron chi connectivity index (χ2n) is 3.31. The molecule has 0 N–H and O–H groups in total. The van der Waals surface area contributed by atoms with Crippen molar-refractivity contribution in [2.24, 2.45) is 0 Å². The fourth-order valence-electron chi connectivity index (χ4n) is 1.39. The highest BCUT2D eigenvalue weighted by Gasteiger charge is 1.97. The van der Waals surface area contributed by atoms with Crippen LogP contribution in [0.3, 0.4) is 0 Å². The predicted molar refractivity (Wildman–Crippen MR) is 75.1 cm³/mol. The van der Waals surface area contributed by atoms with Crippen LogP contribution in [0.1, 0.15) is 5.56 Å². The molecule has 2 aromatic carbocycles. The Balaban J connectivity index is 0.00000112. The van der Waals surface area contributed by atoms with Crippen LogP contribution in [0, 0.1) is 6.92 Å². The molecule has 0 spiro atoms. The Morgan fingerprint density at radius 1 is 0.800 bits per heavy atom. The van der Waals surface area contributed by atoms with Crippen LogP contribution in [0.4, 0.5) is 0 Å². The lowest BCUT2D eigenvalue weighted by molar-refractivity contribution is 1.52. The molecular formula is C13H16BP. The van der Waals surface area contributed by atoms with Gasteiger partial charge in [0.15, 0.2) is 0 Å². The molecule has 0 saturated heterocycles. The summed E-state index contributed by atoms with van der Waals surface area (Å²) in [6.07, 6.45) is 0. The molecule has 0 amide bonds. The summed E-state index contributed by atoms with van der Waals surface area (Å²) in [7, 11) is 0.776. The third-order valence-corrected chi connectivity index (χ3v) is 3.65. The van der Waals surface area contributed by atoms with Crippen molar-refractivity contribution in [2.45, 2.75) is 6.92 Å². The number of hydrogen-bond donors (Lipinski definition) is 0. The minimum Gasteiger partial charge on any atom is -0.0622 e. The number of benzene rings is 2. The molecule has 2 heteroatoms. The number of aryl methyl sites for hydroxylation is 1. The first-order valence-corrected chi connectivity index (χ1v) is 5.74. The first-order valence-electron chi connectivity index (χ1n) is 4.74. The lowest BCUT2D eigenvalue weighted by Gasteiger charge is -2.04. The molecule has 0 heterocycles. The van der Waals surface area contributed by atoms with Crippen molar-refractivity contribution in [1.82, 2.24) is 0 Å². The maximum Gasteiger partial charge on any atom is 0.0814 e. The van der Waals surface area contributed by atoms with Crippen LogP contribution in [0.15, 0.2) is 54.6 Å². The first kappa shape index (κ1) is 12.0. The smallest absolute Gasteiger partial charge is 0.0622 e. The zero-order valence-electron chi connectivity index (χ0n) is 8.20. The van der Waals surface area contributed by atoms with Crippen LogP contribution in [0.2, 0.25) is 0 Å². The first-order chi connectivity index (χ1) is 6.86. The van der Waals surface area contributed by atoms with Crippen molar-refractivity contribution < 1.29 is 0 Å². The van der Waals surface area contributed by atoms with E-state index in [2.05, 4.69) is 61.5 Å². The highest BCUT2D eigenvalue weighted by Crippen LogP contribution is 2.12. The van der Waals surface area contributed by atoms with E-state index in [1.54, 1.807) is 0 Å². The van der Waals surface area contributed by atoms with E-state index in [0.29, 0.717) is 0 Å². The van der Waals surface area contributed by atoms with Crippen LogP contribution in [0.25, 0.3) is 0 Å². The second kappa shape index (κ2) is 5.73. The van der Waals surface area contributed by atoms with Crippen LogP contribution in [-0.4, -0.2) is 8.41 Å². The van der Waals surface area contributed by atoms with Gasteiger partial charge in [-0.15, -0.1) is 0 Å². The molecule has 0 aliphatic carbocycles. The van der Waals surface area contributed by atoms with E-state index in [4.69, 9.17) is 0 Å². The van der Waals surface area contributed by atoms with Crippen molar-refractivity contribution in [3.63, 3.8) is 0 Å². The quantitative estimate of drug-likeness (QED) is 0.524. The van der Waals surface area contributed by atoms with Gasteiger partial charge in [0.05, 0.1) is 8.41 Å². The molecule has 2 aromatic rings.